The van der Waals surface area contributed by atoms with Crippen LogP contribution in [-0.2, 0) is 5.41 Å². The normalized spacial score (nSPS) is 14.6. The van der Waals surface area contributed by atoms with E-state index in [4.69, 9.17) is 8.83 Å². The van der Waals surface area contributed by atoms with Gasteiger partial charge in [-0.2, -0.15) is 0 Å². The molecule has 1 spiro atoms. The van der Waals surface area contributed by atoms with Gasteiger partial charge in [0, 0.05) is 27.4 Å². The fourth-order valence-corrected chi connectivity index (χ4v) is 11.3. The Bertz CT molecular complexity index is 3870. The average molecular weight is 816 g/mol. The van der Waals surface area contributed by atoms with Gasteiger partial charge in [0.2, 0.25) is 0 Å². The van der Waals surface area contributed by atoms with Crippen LogP contribution in [0.25, 0.3) is 88.4 Å². The van der Waals surface area contributed by atoms with Crippen molar-refractivity contribution in [2.24, 2.45) is 0 Å². The van der Waals surface area contributed by atoms with Crippen LogP contribution in [0.2, 0.25) is 0 Å². The second kappa shape index (κ2) is 13.3. The summed E-state index contributed by atoms with van der Waals surface area (Å²) < 4.78 is 13.2. The largest absolute Gasteiger partial charge is 0.456 e. The summed E-state index contributed by atoms with van der Waals surface area (Å²) in [5.41, 5.74) is 20.7. The van der Waals surface area contributed by atoms with Crippen molar-refractivity contribution in [3.63, 3.8) is 0 Å². The molecule has 2 aromatic heterocycles. The zero-order chi connectivity index (χ0) is 41.9. The molecule has 0 saturated heterocycles. The van der Waals surface area contributed by atoms with Crippen LogP contribution < -0.4 is 4.90 Å². The van der Waals surface area contributed by atoms with Crippen molar-refractivity contribution < 1.29 is 8.83 Å². The topological polar surface area (TPSA) is 29.5 Å². The van der Waals surface area contributed by atoms with Crippen molar-refractivity contribution >= 4 is 60.9 Å². The summed E-state index contributed by atoms with van der Waals surface area (Å²) in [7, 11) is 0. The van der Waals surface area contributed by atoms with E-state index < -0.39 is 5.41 Å². The Morgan fingerprint density at radius 3 is 1.61 bits per heavy atom. The van der Waals surface area contributed by atoms with Crippen molar-refractivity contribution in [2.45, 2.75) is 5.41 Å². The van der Waals surface area contributed by atoms with Crippen LogP contribution in [-0.4, -0.2) is 0 Å². The molecule has 0 bridgehead atoms. The number of anilines is 3. The molecule has 0 fully saturated rings. The smallest absolute Gasteiger partial charge is 0.137 e. The lowest BCUT2D eigenvalue weighted by atomic mass is 9.65. The van der Waals surface area contributed by atoms with Gasteiger partial charge in [-0.25, -0.2) is 0 Å². The Labute approximate surface area is 369 Å². The Hall–Kier alpha value is -8.40. The predicted octanol–water partition coefficient (Wildman–Crippen LogP) is 16.6. The monoisotopic (exact) mass is 815 g/mol. The average Bonchev–Trinajstić information content (AvgIpc) is 4.00. The maximum absolute atomic E-state index is 6.59. The van der Waals surface area contributed by atoms with E-state index in [-0.39, 0.29) is 0 Å². The van der Waals surface area contributed by atoms with Gasteiger partial charge in [-0.05, 0) is 116 Å². The third kappa shape index (κ3) is 4.76. The summed E-state index contributed by atoms with van der Waals surface area (Å²) in [6.07, 6.45) is 0. The van der Waals surface area contributed by atoms with Crippen LogP contribution in [0.3, 0.4) is 0 Å². The van der Waals surface area contributed by atoms with Gasteiger partial charge >= 0.3 is 0 Å². The molecule has 0 saturated carbocycles. The van der Waals surface area contributed by atoms with Crippen molar-refractivity contribution in [3.8, 4) is 44.5 Å². The van der Waals surface area contributed by atoms with Crippen LogP contribution in [0.15, 0.2) is 233 Å². The summed E-state index contributed by atoms with van der Waals surface area (Å²) >= 11 is 0. The molecule has 1 atom stereocenters. The highest BCUT2D eigenvalue weighted by atomic mass is 16.3. The van der Waals surface area contributed by atoms with E-state index >= 15 is 0 Å². The Kier molecular flexibility index (Phi) is 7.32. The molecule has 0 N–H and O–H groups in total. The van der Waals surface area contributed by atoms with Gasteiger partial charge in [-0.15, -0.1) is 0 Å². The molecule has 12 aromatic rings. The molecular formula is C61H37NO2. The van der Waals surface area contributed by atoms with E-state index in [0.29, 0.717) is 0 Å². The number of fused-ring (bicyclic) bond motifs is 18. The minimum absolute atomic E-state index is 0.657. The first-order valence-electron chi connectivity index (χ1n) is 22.0. The quantitative estimate of drug-likeness (QED) is 0.177. The molecule has 2 aliphatic rings. The minimum atomic E-state index is -0.657. The van der Waals surface area contributed by atoms with E-state index in [0.717, 1.165) is 72.1 Å². The zero-order valence-electron chi connectivity index (χ0n) is 34.6. The maximum Gasteiger partial charge on any atom is 0.137 e. The Morgan fingerprint density at radius 2 is 0.828 bits per heavy atom. The van der Waals surface area contributed by atoms with Crippen molar-refractivity contribution in [2.75, 3.05) is 4.90 Å². The highest BCUT2D eigenvalue weighted by Crippen LogP contribution is 2.63. The van der Waals surface area contributed by atoms with Crippen LogP contribution in [0.1, 0.15) is 22.3 Å². The van der Waals surface area contributed by atoms with Crippen LogP contribution >= 0.6 is 0 Å². The second-order valence-electron chi connectivity index (χ2n) is 17.1. The van der Waals surface area contributed by atoms with Gasteiger partial charge in [-0.1, -0.05) is 170 Å². The van der Waals surface area contributed by atoms with Gasteiger partial charge in [0.05, 0.1) is 22.2 Å². The van der Waals surface area contributed by atoms with E-state index in [1.54, 1.807) is 0 Å². The highest BCUT2D eigenvalue weighted by molar-refractivity contribution is 6.14. The number of para-hydroxylation sites is 3. The van der Waals surface area contributed by atoms with Crippen LogP contribution in [0.5, 0.6) is 0 Å². The first kappa shape index (κ1) is 35.2. The third-order valence-corrected chi connectivity index (χ3v) is 13.9. The molecule has 0 radical (unpaired) electrons. The van der Waals surface area contributed by atoms with E-state index in [1.165, 1.54) is 55.6 Å². The third-order valence-electron chi connectivity index (χ3n) is 13.9. The van der Waals surface area contributed by atoms with E-state index in [2.05, 4.69) is 223 Å². The lowest BCUT2D eigenvalue weighted by Crippen LogP contribution is -2.29. The number of benzene rings is 10. The molecule has 0 amide bonds. The van der Waals surface area contributed by atoms with Crippen LogP contribution in [0.4, 0.5) is 17.1 Å². The number of rotatable bonds is 4. The zero-order valence-corrected chi connectivity index (χ0v) is 34.6. The molecule has 3 nitrogen and oxygen atoms in total. The fourth-order valence-electron chi connectivity index (χ4n) is 11.3. The molecule has 1 unspecified atom stereocenters. The number of hydrogen-bond acceptors (Lipinski definition) is 3. The van der Waals surface area contributed by atoms with Crippen molar-refractivity contribution in [1.82, 2.24) is 0 Å². The van der Waals surface area contributed by atoms with Gasteiger partial charge in [0.1, 0.15) is 22.3 Å². The first-order valence-corrected chi connectivity index (χ1v) is 22.0. The minimum Gasteiger partial charge on any atom is -0.456 e. The SMILES string of the molecule is c1ccc(-c2ccccc2N(c2ccc3c(c2)-c2ccccc2-c2ccccc2C32c3ccccc3-c3cc4oc5ccccc5c4cc32)c2cccc3oc4ccccc4c23)cc1. The molecule has 10 aromatic carbocycles. The molecule has 64 heavy (non-hydrogen) atoms. The molecule has 298 valence electrons. The predicted molar refractivity (Wildman–Crippen MR) is 263 cm³/mol. The number of hydrogen-bond donors (Lipinski definition) is 0. The first-order chi connectivity index (χ1) is 31.8. The van der Waals surface area contributed by atoms with Gasteiger partial charge in [0.15, 0.2) is 0 Å². The summed E-state index contributed by atoms with van der Waals surface area (Å²) in [5, 5.41) is 4.42. The van der Waals surface area contributed by atoms with Crippen molar-refractivity contribution in [3.05, 3.63) is 247 Å². The van der Waals surface area contributed by atoms with E-state index in [9.17, 15) is 0 Å². The highest BCUT2D eigenvalue weighted by Gasteiger charge is 2.50. The molecular weight excluding hydrogens is 779 g/mol. The van der Waals surface area contributed by atoms with E-state index in [1.807, 2.05) is 6.07 Å². The van der Waals surface area contributed by atoms with Crippen molar-refractivity contribution in [1.29, 1.82) is 0 Å². The van der Waals surface area contributed by atoms with Gasteiger partial charge in [-0.3, -0.25) is 0 Å². The van der Waals surface area contributed by atoms with Gasteiger partial charge < -0.3 is 13.7 Å². The molecule has 3 heteroatoms. The van der Waals surface area contributed by atoms with Gasteiger partial charge in [0.25, 0.3) is 0 Å². The lowest BCUT2D eigenvalue weighted by molar-refractivity contribution is 0.668. The van der Waals surface area contributed by atoms with Crippen LogP contribution in [0, 0.1) is 0 Å². The number of nitrogens with zero attached hydrogens (tertiary/aromatic N) is 1. The Balaban J connectivity index is 1.12. The summed E-state index contributed by atoms with van der Waals surface area (Å²) in [5.74, 6) is 0. The molecule has 2 heterocycles. The maximum atomic E-state index is 6.59. The summed E-state index contributed by atoms with van der Waals surface area (Å²) in [6, 6.07) is 81.9. The standard InChI is InChI=1S/C61H37NO2/c1-2-17-38(18-3-1)40-19-8-13-28-54(40)62(55-29-16-32-58-60(55)46-25-10-15-31-57(46)63-58)39-33-34-52-47(35-39)42-21-5-4-20-41(42)43-22-6-11-26-50(43)61(52)51-27-12-7-23-44(51)48-37-59-49(36-53(48)61)45-24-9-14-30-56(45)64-59/h1-37H. The fraction of sp³-hybridized carbons (Fsp3) is 0.0164. The summed E-state index contributed by atoms with van der Waals surface area (Å²) in [4.78, 5) is 2.46. The second-order valence-corrected chi connectivity index (χ2v) is 17.1. The number of furan rings is 2. The summed E-state index contributed by atoms with van der Waals surface area (Å²) in [6.45, 7) is 0. The Morgan fingerprint density at radius 1 is 0.297 bits per heavy atom. The molecule has 2 aliphatic carbocycles. The lowest BCUT2D eigenvalue weighted by Gasteiger charge is -2.36. The molecule has 14 rings (SSSR count). The molecule has 0 aliphatic heterocycles.